The molecule has 0 aliphatic carbocycles. The summed E-state index contributed by atoms with van der Waals surface area (Å²) in [5.74, 6) is -0.545. The van der Waals surface area contributed by atoms with E-state index in [0.717, 1.165) is 6.07 Å². The Hall–Kier alpha value is -3.59. The summed E-state index contributed by atoms with van der Waals surface area (Å²) in [6.07, 6.45) is -3.36. The molecule has 0 aliphatic rings. The topological polar surface area (TPSA) is 111 Å². The predicted molar refractivity (Wildman–Crippen MR) is 111 cm³/mol. The van der Waals surface area contributed by atoms with E-state index in [1.807, 2.05) is 13.8 Å². The molecule has 3 rings (SSSR count). The third kappa shape index (κ3) is 5.81. The van der Waals surface area contributed by atoms with E-state index in [1.54, 1.807) is 30.3 Å². The van der Waals surface area contributed by atoms with Gasteiger partial charge in [0.25, 0.3) is 6.20 Å². The van der Waals surface area contributed by atoms with Gasteiger partial charge in [0.15, 0.2) is 6.04 Å². The van der Waals surface area contributed by atoms with Gasteiger partial charge in [0.05, 0.1) is 23.9 Å². The number of aliphatic imine (C=N–C) groups is 1. The second kappa shape index (κ2) is 9.91. The number of rotatable bonds is 7. The molecule has 0 N–H and O–H groups in total. The molecule has 0 atom stereocenters. The quantitative estimate of drug-likeness (QED) is 0.221. The maximum atomic E-state index is 13.7. The van der Waals surface area contributed by atoms with E-state index in [9.17, 15) is 23.5 Å². The number of benzene rings is 1. The highest BCUT2D eigenvalue weighted by Gasteiger charge is 2.36. The maximum absolute atomic E-state index is 13.7. The van der Waals surface area contributed by atoms with Crippen LogP contribution in [0.3, 0.4) is 0 Å². The van der Waals surface area contributed by atoms with Crippen LogP contribution in [0, 0.1) is 11.3 Å². The van der Waals surface area contributed by atoms with Gasteiger partial charge in [-0.25, -0.2) is 9.98 Å². The summed E-state index contributed by atoms with van der Waals surface area (Å²) in [4.78, 5) is 7.96. The zero-order chi connectivity index (χ0) is 24.2. The number of nitrogens with zero attached hydrogens (tertiary/aromatic N) is 5. The van der Waals surface area contributed by atoms with Gasteiger partial charge in [-0.2, -0.15) is 18.4 Å². The van der Waals surface area contributed by atoms with E-state index in [4.69, 9.17) is 9.26 Å². The lowest BCUT2D eigenvalue weighted by Crippen LogP contribution is -2.36. The predicted octanol–water partition coefficient (Wildman–Crippen LogP) is 3.69. The highest BCUT2D eigenvalue weighted by molar-refractivity contribution is 7.99. The Labute approximate surface area is 191 Å². The molecule has 0 unspecified atom stereocenters. The van der Waals surface area contributed by atoms with E-state index >= 15 is 0 Å². The van der Waals surface area contributed by atoms with Crippen LogP contribution in [0.4, 0.5) is 19.1 Å². The van der Waals surface area contributed by atoms with Gasteiger partial charge in [0, 0.05) is 11.3 Å². The highest BCUT2D eigenvalue weighted by atomic mass is 32.2. The molecule has 0 amide bonds. The Balaban J connectivity index is 1.95. The van der Waals surface area contributed by atoms with Gasteiger partial charge in [0.2, 0.25) is 5.27 Å². The fourth-order valence-electron chi connectivity index (χ4n) is 2.69. The number of aromatic nitrogens is 3. The van der Waals surface area contributed by atoms with E-state index in [2.05, 4.69) is 15.2 Å². The van der Waals surface area contributed by atoms with Crippen LogP contribution in [-0.4, -0.2) is 29.0 Å². The first-order valence-electron chi connectivity index (χ1n) is 9.54. The average molecular weight is 477 g/mol. The monoisotopic (exact) mass is 477 g/mol. The number of hydrogen-bond acceptors (Lipinski definition) is 8. The Morgan fingerprint density at radius 1 is 1.33 bits per heavy atom. The number of pyridine rings is 1. The van der Waals surface area contributed by atoms with E-state index in [-0.39, 0.29) is 28.4 Å². The summed E-state index contributed by atoms with van der Waals surface area (Å²) in [5.41, 5.74) is -1.39. The third-order valence-corrected chi connectivity index (χ3v) is 5.32. The molecule has 1 aromatic carbocycles. The molecule has 8 nitrogen and oxygen atoms in total. The van der Waals surface area contributed by atoms with Gasteiger partial charge in [-0.05, 0) is 54.8 Å². The van der Waals surface area contributed by atoms with Gasteiger partial charge in [-0.3, -0.25) is 4.52 Å². The normalized spacial score (nSPS) is 12.1. The highest BCUT2D eigenvalue weighted by Crippen LogP contribution is 2.38. The van der Waals surface area contributed by atoms with Crippen LogP contribution >= 0.6 is 11.8 Å². The molecule has 12 heteroatoms. The molecule has 3 aromatic rings. The third-order valence-electron chi connectivity index (χ3n) is 4.36. The summed E-state index contributed by atoms with van der Waals surface area (Å²) in [6, 6.07) is 8.63. The lowest BCUT2D eigenvalue weighted by molar-refractivity contribution is -0.779. The Kier molecular flexibility index (Phi) is 7.23. The van der Waals surface area contributed by atoms with Gasteiger partial charge in [0.1, 0.15) is 16.8 Å². The van der Waals surface area contributed by atoms with Gasteiger partial charge in [-0.15, -0.1) is 0 Å². The summed E-state index contributed by atoms with van der Waals surface area (Å²) >= 11 is 0.688. The lowest BCUT2D eigenvalue weighted by atomic mass is 10.1. The van der Waals surface area contributed by atoms with Crippen molar-refractivity contribution in [2.75, 3.05) is 12.9 Å². The fraction of sp³-hybridized carbons (Fsp3) is 0.286. The van der Waals surface area contributed by atoms with Gasteiger partial charge >= 0.3 is 12.1 Å². The SMILES string of the molecule is COc1ccc(-c2cc(C(F)(F)F)c(C#N)c(SC/C([O-])=N\c3c[n+](C(C)C)no3)n2)cc1. The maximum Gasteiger partial charge on any atom is 0.417 e. The van der Waals surface area contributed by atoms with Crippen molar-refractivity contribution in [2.24, 2.45) is 4.99 Å². The number of hydrogen-bond donors (Lipinski definition) is 0. The Morgan fingerprint density at radius 3 is 2.58 bits per heavy atom. The average Bonchev–Trinajstić information content (AvgIpc) is 3.25. The number of halogens is 3. The zero-order valence-corrected chi connectivity index (χ0v) is 18.6. The molecular formula is C21H18F3N5O3S. The van der Waals surface area contributed by atoms with Crippen molar-refractivity contribution in [1.29, 1.82) is 5.26 Å². The molecule has 0 aliphatic heterocycles. The largest absolute Gasteiger partial charge is 0.861 e. The smallest absolute Gasteiger partial charge is 0.417 e. The van der Waals surface area contributed by atoms with Crippen LogP contribution in [0.25, 0.3) is 11.3 Å². The molecule has 2 heterocycles. The molecule has 0 bridgehead atoms. The minimum absolute atomic E-state index is 0.00377. The summed E-state index contributed by atoms with van der Waals surface area (Å²) in [7, 11) is 1.47. The molecular weight excluding hydrogens is 459 g/mol. The van der Waals surface area contributed by atoms with Gasteiger partial charge < -0.3 is 9.84 Å². The molecule has 0 fully saturated rings. The molecule has 0 spiro atoms. The Bertz CT molecular complexity index is 1200. The zero-order valence-electron chi connectivity index (χ0n) is 17.8. The molecule has 0 saturated heterocycles. The second-order valence-corrected chi connectivity index (χ2v) is 7.95. The second-order valence-electron chi connectivity index (χ2n) is 6.98. The van der Waals surface area contributed by atoms with Crippen LogP contribution < -0.4 is 14.5 Å². The van der Waals surface area contributed by atoms with Crippen molar-refractivity contribution in [3.05, 3.63) is 47.7 Å². The first kappa shape index (κ1) is 24.1. The molecule has 0 saturated carbocycles. The fourth-order valence-corrected chi connectivity index (χ4v) is 3.48. The first-order valence-corrected chi connectivity index (χ1v) is 10.5. The van der Waals surface area contributed by atoms with E-state index in [1.165, 1.54) is 18.0 Å². The van der Waals surface area contributed by atoms with Crippen molar-refractivity contribution >= 4 is 23.5 Å². The summed E-state index contributed by atoms with van der Waals surface area (Å²) < 4.78 is 52.5. The lowest BCUT2D eigenvalue weighted by Gasteiger charge is -2.15. The van der Waals surface area contributed by atoms with Crippen molar-refractivity contribution in [3.63, 3.8) is 0 Å². The Morgan fingerprint density at radius 2 is 2.03 bits per heavy atom. The van der Waals surface area contributed by atoms with Crippen LogP contribution in [0.15, 0.2) is 51.1 Å². The summed E-state index contributed by atoms with van der Waals surface area (Å²) in [5, 5.41) is 25.1. The molecule has 33 heavy (non-hydrogen) atoms. The van der Waals surface area contributed by atoms with E-state index in [0.29, 0.717) is 23.1 Å². The van der Waals surface area contributed by atoms with Crippen molar-refractivity contribution < 1.29 is 32.2 Å². The van der Waals surface area contributed by atoms with Crippen LogP contribution in [-0.2, 0) is 6.18 Å². The van der Waals surface area contributed by atoms with Crippen molar-refractivity contribution in [1.82, 2.24) is 10.3 Å². The molecule has 0 radical (unpaired) electrons. The van der Waals surface area contributed by atoms with E-state index < -0.39 is 23.2 Å². The minimum Gasteiger partial charge on any atom is -0.861 e. The summed E-state index contributed by atoms with van der Waals surface area (Å²) in [6.45, 7) is 3.71. The molecule has 2 aromatic heterocycles. The van der Waals surface area contributed by atoms with Crippen LogP contribution in [0.5, 0.6) is 5.75 Å². The number of alkyl halides is 3. The first-order chi connectivity index (χ1) is 15.6. The molecule has 172 valence electrons. The minimum atomic E-state index is -4.79. The number of ether oxygens (including phenoxy) is 1. The van der Waals surface area contributed by atoms with Gasteiger partial charge in [-0.1, -0.05) is 11.8 Å². The van der Waals surface area contributed by atoms with Crippen molar-refractivity contribution in [3.8, 4) is 23.1 Å². The number of thioether (sulfide) groups is 1. The van der Waals surface area contributed by atoms with Crippen LogP contribution in [0.1, 0.15) is 31.0 Å². The van der Waals surface area contributed by atoms with Crippen molar-refractivity contribution in [2.45, 2.75) is 31.1 Å². The standard InChI is InChI=1S/C21H18F3N5O3S/c1-12(2)29-10-19(32-28-29)27-18(30)11-33-20-15(9-25)16(21(22,23)24)8-17(26-20)13-4-6-14(31-3)7-5-13/h4-8,10,12H,11H2,1-3H3. The van der Waals surface area contributed by atoms with Crippen LogP contribution in [0.2, 0.25) is 0 Å². The number of nitriles is 1. The number of methoxy groups -OCH3 is 1.